The fourth-order valence-corrected chi connectivity index (χ4v) is 2.63. The minimum absolute atomic E-state index is 0.0874. The molecular weight excluding hydrogens is 296 g/mol. The van der Waals surface area contributed by atoms with Crippen LogP contribution in [-0.4, -0.2) is 18.0 Å². The number of hydrogen-bond acceptors (Lipinski definition) is 2. The molecule has 0 heterocycles. The van der Waals surface area contributed by atoms with Gasteiger partial charge in [0, 0.05) is 6.42 Å². The molecule has 1 atom stereocenters. The molecule has 0 saturated carbocycles. The smallest absolute Gasteiger partial charge is 0.305 e. The van der Waals surface area contributed by atoms with Gasteiger partial charge in [0.1, 0.15) is 6.61 Å². The molecule has 0 radical (unpaired) electrons. The maximum Gasteiger partial charge on any atom is 0.305 e. The quantitative estimate of drug-likeness (QED) is 0.180. The summed E-state index contributed by atoms with van der Waals surface area (Å²) in [5.41, 5.74) is 0. The summed E-state index contributed by atoms with van der Waals surface area (Å²) >= 11 is 5.73. The Bertz CT molecular complexity index is 242. The van der Waals surface area contributed by atoms with E-state index in [4.69, 9.17) is 16.3 Å². The van der Waals surface area contributed by atoms with Crippen molar-refractivity contribution in [3.63, 3.8) is 0 Å². The topological polar surface area (TPSA) is 26.3 Å². The van der Waals surface area contributed by atoms with Gasteiger partial charge in [0.05, 0.1) is 5.38 Å². The predicted molar refractivity (Wildman–Crippen MR) is 96.6 cm³/mol. The normalized spacial score (nSPS) is 12.3. The number of rotatable bonds is 16. The van der Waals surface area contributed by atoms with Crippen LogP contribution in [-0.2, 0) is 9.53 Å². The molecule has 0 aromatic rings. The molecule has 0 bridgehead atoms. The van der Waals surface area contributed by atoms with Crippen LogP contribution in [0.1, 0.15) is 104 Å². The van der Waals surface area contributed by atoms with E-state index in [1.807, 2.05) is 6.92 Å². The largest absolute Gasteiger partial charge is 0.464 e. The van der Waals surface area contributed by atoms with Gasteiger partial charge in [0.15, 0.2) is 0 Å². The Labute approximate surface area is 143 Å². The summed E-state index contributed by atoms with van der Waals surface area (Å²) in [6.07, 6.45) is 17.7. The van der Waals surface area contributed by atoms with Gasteiger partial charge >= 0.3 is 5.97 Å². The minimum atomic E-state index is -0.101. The third kappa shape index (κ3) is 17.8. The van der Waals surface area contributed by atoms with Crippen molar-refractivity contribution in [3.8, 4) is 0 Å². The van der Waals surface area contributed by atoms with Crippen molar-refractivity contribution >= 4 is 17.6 Å². The Balaban J connectivity index is 3.09. The maximum atomic E-state index is 11.4. The summed E-state index contributed by atoms with van der Waals surface area (Å²) in [5.74, 6) is -0.101. The van der Waals surface area contributed by atoms with Gasteiger partial charge in [-0.1, -0.05) is 84.0 Å². The zero-order valence-electron chi connectivity index (χ0n) is 14.9. The Morgan fingerprint density at radius 2 is 1.23 bits per heavy atom. The van der Waals surface area contributed by atoms with Gasteiger partial charge in [-0.3, -0.25) is 4.79 Å². The van der Waals surface area contributed by atoms with E-state index in [9.17, 15) is 4.79 Å². The van der Waals surface area contributed by atoms with E-state index in [0.29, 0.717) is 13.0 Å². The van der Waals surface area contributed by atoms with E-state index in [1.165, 1.54) is 70.6 Å². The number of carbonyl (C=O) groups is 1. The number of esters is 1. The second kappa shape index (κ2) is 17.1. The molecule has 0 rings (SSSR count). The first-order valence-electron chi connectivity index (χ1n) is 9.46. The second-order valence-corrected chi connectivity index (χ2v) is 7.20. The van der Waals surface area contributed by atoms with Crippen LogP contribution in [0.2, 0.25) is 0 Å². The van der Waals surface area contributed by atoms with Crippen molar-refractivity contribution in [3.05, 3.63) is 0 Å². The maximum absolute atomic E-state index is 11.4. The lowest BCUT2D eigenvalue weighted by Crippen LogP contribution is -2.11. The molecule has 0 saturated heterocycles. The average Bonchev–Trinajstić information content (AvgIpc) is 2.49. The lowest BCUT2D eigenvalue weighted by atomic mass is 10.0. The zero-order valence-corrected chi connectivity index (χ0v) is 15.6. The van der Waals surface area contributed by atoms with Crippen molar-refractivity contribution in [1.82, 2.24) is 0 Å². The van der Waals surface area contributed by atoms with Crippen LogP contribution in [0.3, 0.4) is 0 Å². The van der Waals surface area contributed by atoms with E-state index >= 15 is 0 Å². The van der Waals surface area contributed by atoms with Crippen molar-refractivity contribution < 1.29 is 9.53 Å². The first-order valence-corrected chi connectivity index (χ1v) is 9.90. The van der Waals surface area contributed by atoms with Gasteiger partial charge in [-0.05, 0) is 13.3 Å². The van der Waals surface area contributed by atoms with E-state index in [0.717, 1.165) is 12.8 Å². The molecule has 3 heteroatoms. The van der Waals surface area contributed by atoms with Crippen LogP contribution in [0.5, 0.6) is 0 Å². The molecule has 0 spiro atoms. The lowest BCUT2D eigenvalue weighted by molar-refractivity contribution is -0.143. The Morgan fingerprint density at radius 1 is 0.818 bits per heavy atom. The SMILES string of the molecule is CCCCCCCCCCCCCCCC(=O)OCC(C)Cl. The van der Waals surface area contributed by atoms with Gasteiger partial charge in [-0.15, -0.1) is 11.6 Å². The number of alkyl halides is 1. The highest BCUT2D eigenvalue weighted by Gasteiger charge is 2.04. The first-order chi connectivity index (χ1) is 10.7. The van der Waals surface area contributed by atoms with E-state index in [2.05, 4.69) is 6.92 Å². The van der Waals surface area contributed by atoms with Crippen molar-refractivity contribution in [2.45, 2.75) is 109 Å². The molecule has 22 heavy (non-hydrogen) atoms. The van der Waals surface area contributed by atoms with E-state index in [-0.39, 0.29) is 11.3 Å². The van der Waals surface area contributed by atoms with Crippen LogP contribution in [0.15, 0.2) is 0 Å². The van der Waals surface area contributed by atoms with Crippen molar-refractivity contribution in [1.29, 1.82) is 0 Å². The van der Waals surface area contributed by atoms with Gasteiger partial charge in [-0.2, -0.15) is 0 Å². The Morgan fingerprint density at radius 3 is 1.64 bits per heavy atom. The fraction of sp³-hybridized carbons (Fsp3) is 0.947. The number of ether oxygens (including phenoxy) is 1. The van der Waals surface area contributed by atoms with E-state index in [1.54, 1.807) is 0 Å². The molecule has 0 aliphatic rings. The highest BCUT2D eigenvalue weighted by atomic mass is 35.5. The summed E-state index contributed by atoms with van der Waals surface area (Å²) < 4.78 is 5.04. The molecule has 0 aliphatic heterocycles. The molecule has 0 aromatic carbocycles. The molecule has 0 aromatic heterocycles. The van der Waals surface area contributed by atoms with Gasteiger partial charge in [0.2, 0.25) is 0 Å². The summed E-state index contributed by atoms with van der Waals surface area (Å²) in [6, 6.07) is 0. The standard InChI is InChI=1S/C19H37ClO2/c1-3-4-5-6-7-8-9-10-11-12-13-14-15-16-19(21)22-17-18(2)20/h18H,3-17H2,1-2H3. The Hall–Kier alpha value is -0.240. The summed E-state index contributed by atoms with van der Waals surface area (Å²) in [7, 11) is 0. The minimum Gasteiger partial charge on any atom is -0.464 e. The van der Waals surface area contributed by atoms with Crippen LogP contribution < -0.4 is 0 Å². The Kier molecular flexibility index (Phi) is 16.9. The van der Waals surface area contributed by atoms with Crippen LogP contribution >= 0.6 is 11.6 Å². The summed E-state index contributed by atoms with van der Waals surface area (Å²) in [6.45, 7) is 4.43. The zero-order chi connectivity index (χ0) is 16.5. The monoisotopic (exact) mass is 332 g/mol. The molecule has 0 amide bonds. The average molecular weight is 333 g/mol. The molecule has 0 aliphatic carbocycles. The van der Waals surface area contributed by atoms with Gasteiger partial charge in [-0.25, -0.2) is 0 Å². The third-order valence-corrected chi connectivity index (χ3v) is 4.08. The fourth-order valence-electron chi connectivity index (χ4n) is 2.57. The van der Waals surface area contributed by atoms with Crippen LogP contribution in [0.25, 0.3) is 0 Å². The third-order valence-electron chi connectivity index (χ3n) is 3.96. The molecule has 0 fully saturated rings. The summed E-state index contributed by atoms with van der Waals surface area (Å²) in [4.78, 5) is 11.4. The molecule has 132 valence electrons. The molecule has 0 N–H and O–H groups in total. The first kappa shape index (κ1) is 21.8. The predicted octanol–water partition coefficient (Wildman–Crippen LogP) is 6.64. The molecule has 1 unspecified atom stereocenters. The highest BCUT2D eigenvalue weighted by Crippen LogP contribution is 2.13. The van der Waals surface area contributed by atoms with Gasteiger partial charge in [0.25, 0.3) is 0 Å². The number of hydrogen-bond donors (Lipinski definition) is 0. The second-order valence-electron chi connectivity index (χ2n) is 6.46. The number of halogens is 1. The molecular formula is C19H37ClO2. The molecule has 2 nitrogen and oxygen atoms in total. The van der Waals surface area contributed by atoms with Gasteiger partial charge < -0.3 is 4.74 Å². The number of carbonyl (C=O) groups excluding carboxylic acids is 1. The van der Waals surface area contributed by atoms with Crippen LogP contribution in [0.4, 0.5) is 0 Å². The number of unbranched alkanes of at least 4 members (excludes halogenated alkanes) is 12. The van der Waals surface area contributed by atoms with Crippen molar-refractivity contribution in [2.75, 3.05) is 6.61 Å². The van der Waals surface area contributed by atoms with E-state index < -0.39 is 0 Å². The lowest BCUT2D eigenvalue weighted by Gasteiger charge is -2.06. The van der Waals surface area contributed by atoms with Crippen molar-refractivity contribution in [2.24, 2.45) is 0 Å². The highest BCUT2D eigenvalue weighted by molar-refractivity contribution is 6.20. The summed E-state index contributed by atoms with van der Waals surface area (Å²) in [5, 5.41) is -0.0874. The van der Waals surface area contributed by atoms with Crippen LogP contribution in [0, 0.1) is 0 Å².